The summed E-state index contributed by atoms with van der Waals surface area (Å²) in [5.74, 6) is 0.361. The van der Waals surface area contributed by atoms with E-state index in [0.29, 0.717) is 5.91 Å². The maximum Gasteiger partial charge on any atom is 0.229 e. The van der Waals surface area contributed by atoms with E-state index < -0.39 is 0 Å². The van der Waals surface area contributed by atoms with Gasteiger partial charge in [0.2, 0.25) is 5.91 Å². The van der Waals surface area contributed by atoms with E-state index in [1.54, 1.807) is 0 Å². The summed E-state index contributed by atoms with van der Waals surface area (Å²) in [5.41, 5.74) is -0.116. The Balaban J connectivity index is 2.65. The van der Waals surface area contributed by atoms with Crippen LogP contribution in [-0.4, -0.2) is 37.5 Å². The third-order valence-corrected chi connectivity index (χ3v) is 3.85. The SMILES string of the molecule is CCCCN(C)C(=O)C1(CCC)CCCNC1. The zero-order chi connectivity index (χ0) is 12.7. The molecule has 1 N–H and O–H groups in total. The van der Waals surface area contributed by atoms with E-state index in [4.69, 9.17) is 0 Å². The van der Waals surface area contributed by atoms with E-state index >= 15 is 0 Å². The van der Waals surface area contributed by atoms with Crippen molar-refractivity contribution in [2.75, 3.05) is 26.7 Å². The monoisotopic (exact) mass is 240 g/mol. The van der Waals surface area contributed by atoms with Crippen molar-refractivity contribution in [3.05, 3.63) is 0 Å². The zero-order valence-corrected chi connectivity index (χ0v) is 11.7. The Hall–Kier alpha value is -0.570. The Morgan fingerprint density at radius 1 is 1.35 bits per heavy atom. The van der Waals surface area contributed by atoms with Crippen LogP contribution < -0.4 is 5.32 Å². The number of amides is 1. The van der Waals surface area contributed by atoms with Gasteiger partial charge in [-0.15, -0.1) is 0 Å². The highest BCUT2D eigenvalue weighted by Crippen LogP contribution is 2.33. The van der Waals surface area contributed by atoms with Crippen molar-refractivity contribution >= 4 is 5.91 Å². The highest BCUT2D eigenvalue weighted by atomic mass is 16.2. The molecule has 3 heteroatoms. The molecule has 1 unspecified atom stereocenters. The van der Waals surface area contributed by atoms with Crippen LogP contribution in [0.5, 0.6) is 0 Å². The van der Waals surface area contributed by atoms with Crippen LogP contribution in [0.2, 0.25) is 0 Å². The van der Waals surface area contributed by atoms with Gasteiger partial charge in [0.15, 0.2) is 0 Å². The molecule has 0 radical (unpaired) electrons. The van der Waals surface area contributed by atoms with E-state index in [1.807, 2.05) is 11.9 Å². The second-order valence-corrected chi connectivity index (χ2v) is 5.39. The van der Waals surface area contributed by atoms with Gasteiger partial charge in [0, 0.05) is 20.1 Å². The topological polar surface area (TPSA) is 32.3 Å². The van der Waals surface area contributed by atoms with Crippen LogP contribution in [-0.2, 0) is 4.79 Å². The Morgan fingerprint density at radius 3 is 2.65 bits per heavy atom. The van der Waals surface area contributed by atoms with Gasteiger partial charge in [-0.2, -0.15) is 0 Å². The van der Waals surface area contributed by atoms with Crippen molar-refractivity contribution in [2.24, 2.45) is 5.41 Å². The fourth-order valence-electron chi connectivity index (χ4n) is 2.85. The summed E-state index contributed by atoms with van der Waals surface area (Å²) in [6.07, 6.45) is 6.56. The van der Waals surface area contributed by atoms with Gasteiger partial charge in [0.25, 0.3) is 0 Å². The number of rotatable bonds is 6. The molecule has 1 aliphatic heterocycles. The first-order valence-corrected chi connectivity index (χ1v) is 7.12. The molecule has 1 rings (SSSR count). The molecule has 1 atom stereocenters. The van der Waals surface area contributed by atoms with E-state index in [0.717, 1.165) is 58.2 Å². The molecule has 1 heterocycles. The van der Waals surface area contributed by atoms with E-state index in [1.165, 1.54) is 0 Å². The Kier molecular flexibility index (Phi) is 5.96. The standard InChI is InChI=1S/C14H28N2O/c1-4-6-11-16(3)13(17)14(8-5-2)9-7-10-15-12-14/h15H,4-12H2,1-3H3. The summed E-state index contributed by atoms with van der Waals surface area (Å²) in [4.78, 5) is 14.6. The number of hydrogen-bond donors (Lipinski definition) is 1. The summed E-state index contributed by atoms with van der Waals surface area (Å²) in [6.45, 7) is 7.19. The highest BCUT2D eigenvalue weighted by Gasteiger charge is 2.40. The number of nitrogens with zero attached hydrogens (tertiary/aromatic N) is 1. The molecule has 1 amide bonds. The van der Waals surface area contributed by atoms with E-state index in [2.05, 4.69) is 19.2 Å². The van der Waals surface area contributed by atoms with Crippen molar-refractivity contribution in [1.29, 1.82) is 0 Å². The van der Waals surface area contributed by atoms with Crippen LogP contribution in [0.3, 0.4) is 0 Å². The first kappa shape index (κ1) is 14.5. The number of unbranched alkanes of at least 4 members (excludes halogenated alkanes) is 1. The largest absolute Gasteiger partial charge is 0.345 e. The maximum absolute atomic E-state index is 12.6. The van der Waals surface area contributed by atoms with Crippen molar-refractivity contribution in [3.63, 3.8) is 0 Å². The molecule has 0 aromatic rings. The van der Waals surface area contributed by atoms with E-state index in [9.17, 15) is 4.79 Å². The van der Waals surface area contributed by atoms with Crippen molar-refractivity contribution in [3.8, 4) is 0 Å². The third kappa shape index (κ3) is 3.70. The van der Waals surface area contributed by atoms with Gasteiger partial charge in [0.1, 0.15) is 0 Å². The number of carbonyl (C=O) groups is 1. The van der Waals surface area contributed by atoms with Crippen LogP contribution in [0.4, 0.5) is 0 Å². The van der Waals surface area contributed by atoms with Gasteiger partial charge in [-0.25, -0.2) is 0 Å². The number of piperidine rings is 1. The molecule has 0 aromatic carbocycles. The van der Waals surface area contributed by atoms with Gasteiger partial charge < -0.3 is 10.2 Å². The number of nitrogens with one attached hydrogen (secondary N) is 1. The average molecular weight is 240 g/mol. The minimum Gasteiger partial charge on any atom is -0.345 e. The second kappa shape index (κ2) is 7.00. The van der Waals surface area contributed by atoms with Crippen LogP contribution >= 0.6 is 0 Å². The third-order valence-electron chi connectivity index (χ3n) is 3.85. The number of hydrogen-bond acceptors (Lipinski definition) is 2. The summed E-state index contributed by atoms with van der Waals surface area (Å²) in [6, 6.07) is 0. The number of carbonyl (C=O) groups excluding carboxylic acids is 1. The lowest BCUT2D eigenvalue weighted by Crippen LogP contribution is -2.51. The van der Waals surface area contributed by atoms with Gasteiger partial charge in [-0.05, 0) is 32.2 Å². The molecule has 1 saturated heterocycles. The fraction of sp³-hybridized carbons (Fsp3) is 0.929. The highest BCUT2D eigenvalue weighted by molar-refractivity contribution is 5.83. The molecular weight excluding hydrogens is 212 g/mol. The molecule has 17 heavy (non-hydrogen) atoms. The van der Waals surface area contributed by atoms with Gasteiger partial charge >= 0.3 is 0 Å². The van der Waals surface area contributed by atoms with E-state index in [-0.39, 0.29) is 5.41 Å². The van der Waals surface area contributed by atoms with Crippen LogP contribution in [0, 0.1) is 5.41 Å². The van der Waals surface area contributed by atoms with Gasteiger partial charge in [0.05, 0.1) is 5.41 Å². The predicted molar refractivity (Wildman–Crippen MR) is 72.0 cm³/mol. The normalized spacial score (nSPS) is 24.6. The Bertz CT molecular complexity index is 229. The van der Waals surface area contributed by atoms with Crippen molar-refractivity contribution in [2.45, 2.75) is 52.4 Å². The molecule has 1 aliphatic rings. The molecule has 0 aliphatic carbocycles. The molecular formula is C14H28N2O. The predicted octanol–water partition coefficient (Wildman–Crippen LogP) is 2.41. The minimum absolute atomic E-state index is 0.116. The molecule has 0 spiro atoms. The van der Waals surface area contributed by atoms with Crippen LogP contribution in [0.25, 0.3) is 0 Å². The first-order valence-electron chi connectivity index (χ1n) is 7.12. The summed E-state index contributed by atoms with van der Waals surface area (Å²) in [7, 11) is 1.96. The smallest absolute Gasteiger partial charge is 0.229 e. The van der Waals surface area contributed by atoms with Crippen molar-refractivity contribution in [1.82, 2.24) is 10.2 Å². The lowest BCUT2D eigenvalue weighted by atomic mass is 9.76. The lowest BCUT2D eigenvalue weighted by Gasteiger charge is -2.39. The molecule has 0 saturated carbocycles. The van der Waals surface area contributed by atoms with Crippen molar-refractivity contribution < 1.29 is 4.79 Å². The molecule has 3 nitrogen and oxygen atoms in total. The minimum atomic E-state index is -0.116. The van der Waals surface area contributed by atoms with Crippen LogP contribution in [0.15, 0.2) is 0 Å². The lowest BCUT2D eigenvalue weighted by molar-refractivity contribution is -0.142. The Morgan fingerprint density at radius 2 is 2.12 bits per heavy atom. The Labute approximate surface area is 106 Å². The van der Waals surface area contributed by atoms with Crippen LogP contribution in [0.1, 0.15) is 52.4 Å². The summed E-state index contributed by atoms with van der Waals surface area (Å²) >= 11 is 0. The maximum atomic E-state index is 12.6. The van der Waals surface area contributed by atoms with Gasteiger partial charge in [-0.1, -0.05) is 26.7 Å². The molecule has 0 aromatic heterocycles. The second-order valence-electron chi connectivity index (χ2n) is 5.39. The quantitative estimate of drug-likeness (QED) is 0.773. The van der Waals surface area contributed by atoms with Gasteiger partial charge in [-0.3, -0.25) is 4.79 Å². The molecule has 0 bridgehead atoms. The molecule has 1 fully saturated rings. The first-order chi connectivity index (χ1) is 8.16. The summed E-state index contributed by atoms with van der Waals surface area (Å²) in [5, 5.41) is 3.40. The summed E-state index contributed by atoms with van der Waals surface area (Å²) < 4.78 is 0. The molecule has 100 valence electrons. The fourth-order valence-corrected chi connectivity index (χ4v) is 2.85. The zero-order valence-electron chi connectivity index (χ0n) is 11.7. The average Bonchev–Trinajstić information content (AvgIpc) is 2.36.